The molecule has 0 radical (unpaired) electrons. The van der Waals surface area contributed by atoms with Crippen LogP contribution >= 0.6 is 23.2 Å². The van der Waals surface area contributed by atoms with Crippen molar-refractivity contribution < 1.29 is 19.1 Å². The number of ether oxygens (including phenoxy) is 1. The number of anilines is 1. The van der Waals surface area contributed by atoms with Gasteiger partial charge in [-0.1, -0.05) is 35.3 Å². The first-order valence-electron chi connectivity index (χ1n) is 8.03. The van der Waals surface area contributed by atoms with E-state index in [4.69, 9.17) is 27.9 Å². The largest absolute Gasteiger partial charge is 0.452 e. The lowest BCUT2D eigenvalue weighted by Gasteiger charge is -2.11. The lowest BCUT2D eigenvalue weighted by molar-refractivity contribution is -0.126. The normalized spacial score (nSPS) is 10.2. The van der Waals surface area contributed by atoms with E-state index in [1.165, 1.54) is 18.2 Å². The van der Waals surface area contributed by atoms with E-state index >= 15 is 0 Å². The summed E-state index contributed by atoms with van der Waals surface area (Å²) in [7, 11) is 0. The molecule has 0 fully saturated rings. The van der Waals surface area contributed by atoms with Crippen LogP contribution in [0.3, 0.4) is 0 Å². The Labute approximate surface area is 166 Å². The van der Waals surface area contributed by atoms with E-state index in [2.05, 4.69) is 10.6 Å². The fourth-order valence-electron chi connectivity index (χ4n) is 2.17. The van der Waals surface area contributed by atoms with Crippen molar-refractivity contribution in [3.63, 3.8) is 0 Å². The number of hydrogen-bond donors (Lipinski definition) is 2. The average Bonchev–Trinajstić information content (AvgIpc) is 2.63. The van der Waals surface area contributed by atoms with Crippen molar-refractivity contribution in [2.45, 2.75) is 13.8 Å². The molecule has 0 spiro atoms. The van der Waals surface area contributed by atoms with Gasteiger partial charge in [0.25, 0.3) is 5.91 Å². The summed E-state index contributed by atoms with van der Waals surface area (Å²) in [6.07, 6.45) is 0. The van der Waals surface area contributed by atoms with Gasteiger partial charge in [0.05, 0.1) is 17.1 Å². The molecule has 2 N–H and O–H groups in total. The number of benzene rings is 2. The van der Waals surface area contributed by atoms with Gasteiger partial charge in [-0.25, -0.2) is 4.79 Å². The molecular weight excluding hydrogens is 391 g/mol. The highest BCUT2D eigenvalue weighted by atomic mass is 35.5. The van der Waals surface area contributed by atoms with Gasteiger partial charge in [-0.3, -0.25) is 9.59 Å². The number of amides is 2. The molecule has 0 aliphatic heterocycles. The van der Waals surface area contributed by atoms with Gasteiger partial charge in [0.15, 0.2) is 6.61 Å². The Hall–Kier alpha value is -2.57. The zero-order chi connectivity index (χ0) is 20.0. The quantitative estimate of drug-likeness (QED) is 0.716. The third-order valence-electron chi connectivity index (χ3n) is 3.81. The van der Waals surface area contributed by atoms with Gasteiger partial charge >= 0.3 is 5.97 Å². The number of hydrogen-bond acceptors (Lipinski definition) is 4. The first kappa shape index (κ1) is 20.7. The van der Waals surface area contributed by atoms with E-state index < -0.39 is 18.5 Å². The van der Waals surface area contributed by atoms with E-state index in [9.17, 15) is 14.4 Å². The lowest BCUT2D eigenvalue weighted by atomic mass is 10.1. The van der Waals surface area contributed by atoms with Crippen LogP contribution in [0.1, 0.15) is 21.5 Å². The van der Waals surface area contributed by atoms with E-state index in [0.717, 1.165) is 11.1 Å². The average molecular weight is 409 g/mol. The fourth-order valence-corrected chi connectivity index (χ4v) is 2.54. The summed E-state index contributed by atoms with van der Waals surface area (Å²) in [5, 5.41) is 5.58. The van der Waals surface area contributed by atoms with Gasteiger partial charge in [0.2, 0.25) is 5.91 Å². The number of rotatable bonds is 6. The molecule has 0 unspecified atom stereocenters. The molecule has 2 aromatic rings. The zero-order valence-electron chi connectivity index (χ0n) is 14.8. The van der Waals surface area contributed by atoms with Crippen LogP contribution < -0.4 is 10.6 Å². The summed E-state index contributed by atoms with van der Waals surface area (Å²) in [5.41, 5.74) is 2.73. The number of carbonyl (C=O) groups excluding carboxylic acids is 3. The Balaban J connectivity index is 1.80. The predicted octanol–water partition coefficient (Wildman–Crippen LogP) is 3.52. The number of halogens is 2. The second-order valence-electron chi connectivity index (χ2n) is 5.77. The summed E-state index contributed by atoms with van der Waals surface area (Å²) >= 11 is 11.7. The first-order chi connectivity index (χ1) is 12.8. The minimum absolute atomic E-state index is 0.0598. The van der Waals surface area contributed by atoms with Gasteiger partial charge < -0.3 is 15.4 Å². The highest BCUT2D eigenvalue weighted by Gasteiger charge is 2.15. The van der Waals surface area contributed by atoms with Crippen LogP contribution in [0.5, 0.6) is 0 Å². The van der Waals surface area contributed by atoms with Crippen LogP contribution in [0, 0.1) is 13.8 Å². The van der Waals surface area contributed by atoms with Gasteiger partial charge in [-0.2, -0.15) is 0 Å². The summed E-state index contributed by atoms with van der Waals surface area (Å²) in [6, 6.07) is 9.88. The number of nitrogens with one attached hydrogen (secondary N) is 2. The van der Waals surface area contributed by atoms with E-state index in [1.807, 2.05) is 26.0 Å². The van der Waals surface area contributed by atoms with Crippen LogP contribution in [0.15, 0.2) is 36.4 Å². The molecule has 6 nitrogen and oxygen atoms in total. The fraction of sp³-hybridized carbons (Fsp3) is 0.211. The Morgan fingerprint density at radius 1 is 1.04 bits per heavy atom. The van der Waals surface area contributed by atoms with Crippen molar-refractivity contribution in [1.82, 2.24) is 5.32 Å². The summed E-state index contributed by atoms with van der Waals surface area (Å²) in [6.45, 7) is 3.04. The maximum atomic E-state index is 12.0. The number of aryl methyl sites for hydroxylation is 1. The molecule has 27 heavy (non-hydrogen) atoms. The second-order valence-corrected chi connectivity index (χ2v) is 6.62. The molecule has 0 aromatic heterocycles. The standard InChI is InChI=1S/C19H18Cl2N2O4/c1-11-4-3-5-16(12(11)2)23-17(24)9-22-18(25)10-27-19(26)14-8-13(20)6-7-15(14)21/h3-8H,9-10H2,1-2H3,(H,22,25)(H,23,24). The Bertz CT molecular complexity index is 884. The van der Waals surface area contributed by atoms with Crippen molar-refractivity contribution in [1.29, 1.82) is 0 Å². The number of carbonyl (C=O) groups is 3. The maximum Gasteiger partial charge on any atom is 0.340 e. The summed E-state index contributed by atoms with van der Waals surface area (Å²) in [5.74, 6) is -1.78. The van der Waals surface area contributed by atoms with E-state index in [1.54, 1.807) is 6.07 Å². The molecule has 0 bridgehead atoms. The number of esters is 1. The molecule has 142 valence electrons. The van der Waals surface area contributed by atoms with Crippen molar-refractivity contribution in [3.8, 4) is 0 Å². The van der Waals surface area contributed by atoms with Gasteiger partial charge in [0, 0.05) is 10.7 Å². The van der Waals surface area contributed by atoms with Crippen molar-refractivity contribution in [2.24, 2.45) is 0 Å². The highest BCUT2D eigenvalue weighted by Crippen LogP contribution is 2.21. The van der Waals surface area contributed by atoms with Crippen molar-refractivity contribution in [2.75, 3.05) is 18.5 Å². The Kier molecular flexibility index (Phi) is 7.21. The van der Waals surface area contributed by atoms with Crippen molar-refractivity contribution in [3.05, 3.63) is 63.1 Å². The van der Waals surface area contributed by atoms with E-state index in [0.29, 0.717) is 10.7 Å². The van der Waals surface area contributed by atoms with Crippen LogP contribution in [-0.4, -0.2) is 30.9 Å². The van der Waals surface area contributed by atoms with Gasteiger partial charge in [-0.15, -0.1) is 0 Å². The van der Waals surface area contributed by atoms with Crippen LogP contribution in [0.25, 0.3) is 0 Å². The molecular formula is C19H18Cl2N2O4. The van der Waals surface area contributed by atoms with E-state index in [-0.39, 0.29) is 23.0 Å². The summed E-state index contributed by atoms with van der Waals surface area (Å²) in [4.78, 5) is 35.7. The Morgan fingerprint density at radius 3 is 2.52 bits per heavy atom. The van der Waals surface area contributed by atoms with Crippen LogP contribution in [-0.2, 0) is 14.3 Å². The van der Waals surface area contributed by atoms with Crippen LogP contribution in [0.4, 0.5) is 5.69 Å². The molecule has 2 amide bonds. The lowest BCUT2D eigenvalue weighted by Crippen LogP contribution is -2.35. The van der Waals surface area contributed by atoms with Gasteiger partial charge in [0.1, 0.15) is 0 Å². The highest BCUT2D eigenvalue weighted by molar-refractivity contribution is 6.35. The first-order valence-corrected chi connectivity index (χ1v) is 8.78. The molecule has 0 saturated heterocycles. The molecule has 0 saturated carbocycles. The smallest absolute Gasteiger partial charge is 0.340 e. The van der Waals surface area contributed by atoms with Gasteiger partial charge in [-0.05, 0) is 49.2 Å². The molecule has 0 aliphatic rings. The summed E-state index contributed by atoms with van der Waals surface area (Å²) < 4.78 is 4.89. The van der Waals surface area contributed by atoms with Crippen LogP contribution in [0.2, 0.25) is 10.0 Å². The Morgan fingerprint density at radius 2 is 1.78 bits per heavy atom. The zero-order valence-corrected chi connectivity index (χ0v) is 16.3. The topological polar surface area (TPSA) is 84.5 Å². The molecule has 8 heteroatoms. The third-order valence-corrected chi connectivity index (χ3v) is 4.37. The molecule has 0 atom stereocenters. The second kappa shape index (κ2) is 9.39. The monoisotopic (exact) mass is 408 g/mol. The maximum absolute atomic E-state index is 12.0. The molecule has 0 heterocycles. The molecule has 2 aromatic carbocycles. The molecule has 0 aliphatic carbocycles. The predicted molar refractivity (Wildman–Crippen MR) is 104 cm³/mol. The SMILES string of the molecule is Cc1cccc(NC(=O)CNC(=O)COC(=O)c2cc(Cl)ccc2Cl)c1C. The van der Waals surface area contributed by atoms with Crippen molar-refractivity contribution >= 4 is 46.7 Å². The molecule has 2 rings (SSSR count). The third kappa shape index (κ3) is 5.98. The minimum atomic E-state index is -0.780. The minimum Gasteiger partial charge on any atom is -0.452 e.